The molecule has 1 fully saturated rings. The molecule has 7 nitrogen and oxygen atoms in total. The summed E-state index contributed by atoms with van der Waals surface area (Å²) in [6.07, 6.45) is -5.01. The predicted octanol–water partition coefficient (Wildman–Crippen LogP) is -2.42. The molecule has 1 rings (SSSR count). The quantitative estimate of drug-likeness (QED) is 0.333. The SMILES string of the molecule is OCCCCO[C@@H]1O[C@H](CO)[C@@H](O)[C@H](O)[C@@H]1O. The number of hydrogen-bond donors (Lipinski definition) is 5. The zero-order chi connectivity index (χ0) is 12.8. The first kappa shape index (κ1) is 14.8. The second kappa shape index (κ2) is 7.22. The Hall–Kier alpha value is -0.280. The summed E-state index contributed by atoms with van der Waals surface area (Å²) in [4.78, 5) is 0. The van der Waals surface area contributed by atoms with Crippen molar-refractivity contribution in [3.63, 3.8) is 0 Å². The van der Waals surface area contributed by atoms with Gasteiger partial charge in [0.15, 0.2) is 6.29 Å². The summed E-state index contributed by atoms with van der Waals surface area (Å²) in [6, 6.07) is 0. The molecule has 0 aromatic heterocycles. The fourth-order valence-electron chi connectivity index (χ4n) is 1.62. The van der Waals surface area contributed by atoms with Crippen LogP contribution in [0.2, 0.25) is 0 Å². The maximum absolute atomic E-state index is 9.59. The van der Waals surface area contributed by atoms with Crippen LogP contribution < -0.4 is 0 Å². The van der Waals surface area contributed by atoms with E-state index in [-0.39, 0.29) is 13.2 Å². The van der Waals surface area contributed by atoms with E-state index in [1.165, 1.54) is 0 Å². The van der Waals surface area contributed by atoms with Crippen molar-refractivity contribution in [3.05, 3.63) is 0 Å². The lowest BCUT2D eigenvalue weighted by Crippen LogP contribution is -2.59. The summed E-state index contributed by atoms with van der Waals surface area (Å²) in [7, 11) is 0. The minimum absolute atomic E-state index is 0.0536. The standard InChI is InChI=1S/C10H20O7/c11-3-1-2-4-16-10-9(15)8(14)7(13)6(5-12)17-10/h6-15H,1-5H2/t6-,7-,8+,9+,10-/m1/s1. The van der Waals surface area contributed by atoms with Crippen LogP contribution in [0.3, 0.4) is 0 Å². The van der Waals surface area contributed by atoms with E-state index in [0.717, 1.165) is 0 Å². The van der Waals surface area contributed by atoms with Crippen molar-refractivity contribution in [2.75, 3.05) is 19.8 Å². The van der Waals surface area contributed by atoms with E-state index in [0.29, 0.717) is 12.8 Å². The van der Waals surface area contributed by atoms with Crippen molar-refractivity contribution in [1.82, 2.24) is 0 Å². The molecule has 0 saturated carbocycles. The van der Waals surface area contributed by atoms with Gasteiger partial charge < -0.3 is 35.0 Å². The Balaban J connectivity index is 2.42. The minimum atomic E-state index is -1.41. The van der Waals surface area contributed by atoms with Gasteiger partial charge in [0.1, 0.15) is 24.4 Å². The average Bonchev–Trinajstić information content (AvgIpc) is 2.34. The van der Waals surface area contributed by atoms with Gasteiger partial charge in [0, 0.05) is 13.2 Å². The van der Waals surface area contributed by atoms with Gasteiger partial charge in [-0.3, -0.25) is 0 Å². The third kappa shape index (κ3) is 3.85. The first-order valence-corrected chi connectivity index (χ1v) is 5.64. The summed E-state index contributed by atoms with van der Waals surface area (Å²) >= 11 is 0. The van der Waals surface area contributed by atoms with Gasteiger partial charge in [0.2, 0.25) is 0 Å². The van der Waals surface area contributed by atoms with Crippen molar-refractivity contribution in [1.29, 1.82) is 0 Å². The van der Waals surface area contributed by atoms with Crippen LogP contribution in [0, 0.1) is 0 Å². The molecule has 0 amide bonds. The zero-order valence-electron chi connectivity index (χ0n) is 9.47. The van der Waals surface area contributed by atoms with Crippen molar-refractivity contribution in [2.45, 2.75) is 43.5 Å². The van der Waals surface area contributed by atoms with Crippen LogP contribution in [-0.4, -0.2) is 76.1 Å². The summed E-state index contributed by atoms with van der Waals surface area (Å²) < 4.78 is 10.3. The Morgan fingerprint density at radius 3 is 2.24 bits per heavy atom. The zero-order valence-corrected chi connectivity index (χ0v) is 9.47. The van der Waals surface area contributed by atoms with E-state index < -0.39 is 37.3 Å². The molecular formula is C10H20O7. The number of ether oxygens (including phenoxy) is 2. The first-order chi connectivity index (χ1) is 8.11. The highest BCUT2D eigenvalue weighted by Crippen LogP contribution is 2.21. The summed E-state index contributed by atoms with van der Waals surface area (Å²) in [5.74, 6) is 0. The van der Waals surface area contributed by atoms with Gasteiger partial charge in [0.05, 0.1) is 6.61 Å². The van der Waals surface area contributed by atoms with Gasteiger partial charge in [-0.1, -0.05) is 0 Å². The first-order valence-electron chi connectivity index (χ1n) is 5.64. The lowest BCUT2D eigenvalue weighted by Gasteiger charge is -2.39. The molecule has 102 valence electrons. The van der Waals surface area contributed by atoms with Gasteiger partial charge in [-0.15, -0.1) is 0 Å². The van der Waals surface area contributed by atoms with E-state index in [9.17, 15) is 15.3 Å². The smallest absolute Gasteiger partial charge is 0.186 e. The van der Waals surface area contributed by atoms with Gasteiger partial charge in [-0.2, -0.15) is 0 Å². The number of aliphatic hydroxyl groups excluding tert-OH is 5. The Labute approximate surface area is 99.2 Å². The van der Waals surface area contributed by atoms with Crippen molar-refractivity contribution >= 4 is 0 Å². The molecule has 0 aromatic carbocycles. The maximum Gasteiger partial charge on any atom is 0.186 e. The van der Waals surface area contributed by atoms with E-state index in [4.69, 9.17) is 19.7 Å². The van der Waals surface area contributed by atoms with Gasteiger partial charge in [-0.25, -0.2) is 0 Å². The molecule has 0 radical (unpaired) electrons. The number of hydrogen-bond acceptors (Lipinski definition) is 7. The average molecular weight is 252 g/mol. The largest absolute Gasteiger partial charge is 0.396 e. The fraction of sp³-hybridized carbons (Fsp3) is 1.00. The van der Waals surface area contributed by atoms with E-state index in [1.807, 2.05) is 0 Å². The topological polar surface area (TPSA) is 120 Å². The Morgan fingerprint density at radius 2 is 1.65 bits per heavy atom. The molecule has 1 aliphatic heterocycles. The van der Waals surface area contributed by atoms with Crippen LogP contribution >= 0.6 is 0 Å². The summed E-state index contributed by atoms with van der Waals surface area (Å²) in [5, 5.41) is 46.0. The van der Waals surface area contributed by atoms with Gasteiger partial charge in [-0.05, 0) is 12.8 Å². The van der Waals surface area contributed by atoms with Crippen LogP contribution in [0.1, 0.15) is 12.8 Å². The lowest BCUT2D eigenvalue weighted by molar-refractivity contribution is -0.301. The molecule has 1 heterocycles. The number of aliphatic hydroxyl groups is 5. The van der Waals surface area contributed by atoms with Crippen molar-refractivity contribution in [3.8, 4) is 0 Å². The summed E-state index contributed by atoms with van der Waals surface area (Å²) in [6.45, 7) is -0.164. The van der Waals surface area contributed by atoms with Crippen LogP contribution in [0.4, 0.5) is 0 Å². The molecule has 1 aliphatic rings. The second-order valence-electron chi connectivity index (χ2n) is 4.00. The lowest BCUT2D eigenvalue weighted by atomic mass is 9.99. The van der Waals surface area contributed by atoms with Crippen molar-refractivity contribution in [2.24, 2.45) is 0 Å². The highest BCUT2D eigenvalue weighted by atomic mass is 16.7. The van der Waals surface area contributed by atoms with Gasteiger partial charge >= 0.3 is 0 Å². The molecular weight excluding hydrogens is 232 g/mol. The molecule has 0 bridgehead atoms. The van der Waals surface area contributed by atoms with E-state index in [1.54, 1.807) is 0 Å². The number of rotatable bonds is 6. The molecule has 1 saturated heterocycles. The molecule has 0 unspecified atom stereocenters. The molecule has 7 heteroatoms. The summed E-state index contributed by atoms with van der Waals surface area (Å²) in [5.41, 5.74) is 0. The molecule has 5 N–H and O–H groups in total. The molecule has 5 atom stereocenters. The minimum Gasteiger partial charge on any atom is -0.396 e. The Morgan fingerprint density at radius 1 is 0.941 bits per heavy atom. The molecule has 0 aliphatic carbocycles. The maximum atomic E-state index is 9.59. The second-order valence-corrected chi connectivity index (χ2v) is 4.00. The van der Waals surface area contributed by atoms with Gasteiger partial charge in [0.25, 0.3) is 0 Å². The Kier molecular flexibility index (Phi) is 6.28. The fourth-order valence-corrected chi connectivity index (χ4v) is 1.62. The normalized spacial score (nSPS) is 38.3. The Bertz CT molecular complexity index is 211. The van der Waals surface area contributed by atoms with Crippen LogP contribution in [0.15, 0.2) is 0 Å². The van der Waals surface area contributed by atoms with Crippen LogP contribution in [0.25, 0.3) is 0 Å². The van der Waals surface area contributed by atoms with Crippen LogP contribution in [-0.2, 0) is 9.47 Å². The molecule has 0 aromatic rings. The monoisotopic (exact) mass is 252 g/mol. The van der Waals surface area contributed by atoms with Crippen molar-refractivity contribution < 1.29 is 35.0 Å². The molecule has 17 heavy (non-hydrogen) atoms. The van der Waals surface area contributed by atoms with E-state index >= 15 is 0 Å². The highest BCUT2D eigenvalue weighted by Gasteiger charge is 2.43. The third-order valence-electron chi connectivity index (χ3n) is 2.68. The van der Waals surface area contributed by atoms with E-state index in [2.05, 4.69) is 0 Å². The number of unbranched alkanes of at least 4 members (excludes halogenated alkanes) is 1. The highest BCUT2D eigenvalue weighted by molar-refractivity contribution is 4.88. The predicted molar refractivity (Wildman–Crippen MR) is 56.0 cm³/mol. The van der Waals surface area contributed by atoms with Crippen LogP contribution in [0.5, 0.6) is 0 Å². The molecule has 0 spiro atoms. The third-order valence-corrected chi connectivity index (χ3v) is 2.68.